The van der Waals surface area contributed by atoms with Crippen molar-refractivity contribution in [3.8, 4) is 0 Å². The van der Waals surface area contributed by atoms with E-state index in [1.54, 1.807) is 27.5 Å². The van der Waals surface area contributed by atoms with E-state index in [0.717, 1.165) is 47.5 Å². The highest BCUT2D eigenvalue weighted by Crippen LogP contribution is 2.29. The van der Waals surface area contributed by atoms with Crippen molar-refractivity contribution in [2.45, 2.75) is 44.1 Å². The second-order valence-electron chi connectivity index (χ2n) is 7.66. The van der Waals surface area contributed by atoms with Crippen molar-refractivity contribution in [2.75, 3.05) is 20.6 Å². The molecule has 3 aromatic heterocycles. The van der Waals surface area contributed by atoms with Crippen LogP contribution in [0.4, 0.5) is 0 Å². The maximum Gasteiger partial charge on any atom is 0.270 e. The summed E-state index contributed by atoms with van der Waals surface area (Å²) in [5.41, 5.74) is 2.33. The van der Waals surface area contributed by atoms with Gasteiger partial charge in [-0.05, 0) is 51.5 Å². The van der Waals surface area contributed by atoms with Crippen molar-refractivity contribution in [2.24, 2.45) is 0 Å². The standard InChI is InChI=1S/C22H27N5OS2/c1-5-17-15(2)30-19-18(17)20(28)27-21(23-19)26(13-9-12-25(3)4)24-22(27)29-14-16-10-7-6-8-11-16/h6-8,10-11H,5,9,12-14H2,1-4H3. The average molecular weight is 442 g/mol. The zero-order valence-corrected chi connectivity index (χ0v) is 19.5. The van der Waals surface area contributed by atoms with E-state index in [1.165, 1.54) is 10.4 Å². The Morgan fingerprint density at radius 2 is 1.97 bits per heavy atom. The van der Waals surface area contributed by atoms with Gasteiger partial charge in [-0.2, -0.15) is 0 Å². The van der Waals surface area contributed by atoms with Crippen LogP contribution < -0.4 is 5.56 Å². The SMILES string of the molecule is CCc1c(C)sc2nc3n(CCCN(C)C)nc(SCc4ccccc4)n3c(=O)c12. The minimum Gasteiger partial charge on any atom is -0.309 e. The average Bonchev–Trinajstić information content (AvgIpc) is 3.24. The van der Waals surface area contributed by atoms with Crippen LogP contribution in [0.3, 0.4) is 0 Å². The summed E-state index contributed by atoms with van der Waals surface area (Å²) in [6, 6.07) is 10.3. The summed E-state index contributed by atoms with van der Waals surface area (Å²) >= 11 is 3.20. The van der Waals surface area contributed by atoms with Gasteiger partial charge in [-0.25, -0.2) is 14.1 Å². The number of thioether (sulfide) groups is 1. The van der Waals surface area contributed by atoms with Gasteiger partial charge in [0.2, 0.25) is 5.78 Å². The van der Waals surface area contributed by atoms with Gasteiger partial charge in [0.15, 0.2) is 5.16 Å². The van der Waals surface area contributed by atoms with Gasteiger partial charge in [-0.3, -0.25) is 4.79 Å². The van der Waals surface area contributed by atoms with Gasteiger partial charge in [0.1, 0.15) is 4.83 Å². The molecule has 6 nitrogen and oxygen atoms in total. The molecular weight excluding hydrogens is 414 g/mol. The Labute approximate surface area is 184 Å². The van der Waals surface area contributed by atoms with E-state index in [9.17, 15) is 4.79 Å². The molecule has 0 N–H and O–H groups in total. The Morgan fingerprint density at radius 3 is 2.67 bits per heavy atom. The number of aromatic nitrogens is 4. The molecule has 3 heterocycles. The number of benzene rings is 1. The van der Waals surface area contributed by atoms with Gasteiger partial charge in [0, 0.05) is 17.2 Å². The molecule has 0 aliphatic rings. The summed E-state index contributed by atoms with van der Waals surface area (Å²) in [4.78, 5) is 22.6. The van der Waals surface area contributed by atoms with Crippen molar-refractivity contribution in [1.29, 1.82) is 0 Å². The van der Waals surface area contributed by atoms with Crippen molar-refractivity contribution in [1.82, 2.24) is 24.1 Å². The molecule has 0 spiro atoms. The fraction of sp³-hybridized carbons (Fsp3) is 0.409. The number of aryl methyl sites for hydroxylation is 3. The number of fused-ring (bicyclic) bond motifs is 2. The topological polar surface area (TPSA) is 55.4 Å². The minimum atomic E-state index is 0.00520. The first-order valence-electron chi connectivity index (χ1n) is 10.2. The Morgan fingerprint density at radius 1 is 1.20 bits per heavy atom. The zero-order chi connectivity index (χ0) is 21.3. The molecule has 158 valence electrons. The van der Waals surface area contributed by atoms with E-state index in [1.807, 2.05) is 22.9 Å². The van der Waals surface area contributed by atoms with Crippen LogP contribution >= 0.6 is 23.1 Å². The van der Waals surface area contributed by atoms with Crippen molar-refractivity contribution >= 4 is 39.1 Å². The van der Waals surface area contributed by atoms with Gasteiger partial charge >= 0.3 is 0 Å². The van der Waals surface area contributed by atoms with Gasteiger partial charge in [0.05, 0.1) is 5.39 Å². The van der Waals surface area contributed by atoms with Gasteiger partial charge in [0.25, 0.3) is 5.56 Å². The molecule has 4 aromatic rings. The predicted molar refractivity (Wildman–Crippen MR) is 126 cm³/mol. The largest absolute Gasteiger partial charge is 0.309 e. The molecule has 4 rings (SSSR count). The molecule has 0 aliphatic heterocycles. The summed E-state index contributed by atoms with van der Waals surface area (Å²) in [6.07, 6.45) is 1.78. The van der Waals surface area contributed by atoms with Gasteiger partial charge in [-0.1, -0.05) is 49.0 Å². The maximum absolute atomic E-state index is 13.6. The summed E-state index contributed by atoms with van der Waals surface area (Å²) in [5.74, 6) is 1.41. The molecule has 8 heteroatoms. The highest BCUT2D eigenvalue weighted by molar-refractivity contribution is 7.98. The number of thiophene rings is 1. The molecule has 30 heavy (non-hydrogen) atoms. The Balaban J connectivity index is 1.81. The summed E-state index contributed by atoms with van der Waals surface area (Å²) < 4.78 is 3.62. The molecule has 0 aliphatic carbocycles. The second kappa shape index (κ2) is 8.91. The summed E-state index contributed by atoms with van der Waals surface area (Å²) in [6.45, 7) is 5.87. The monoisotopic (exact) mass is 441 g/mol. The second-order valence-corrected chi connectivity index (χ2v) is 9.81. The first-order valence-corrected chi connectivity index (χ1v) is 12.0. The smallest absolute Gasteiger partial charge is 0.270 e. The third kappa shape index (κ3) is 4.04. The number of nitrogens with zero attached hydrogens (tertiary/aromatic N) is 5. The van der Waals surface area contributed by atoms with Crippen molar-refractivity contribution in [3.63, 3.8) is 0 Å². The van der Waals surface area contributed by atoms with Crippen LogP contribution in [0.25, 0.3) is 16.0 Å². The normalized spacial score (nSPS) is 11.9. The van der Waals surface area contributed by atoms with Gasteiger partial charge in [-0.15, -0.1) is 16.4 Å². The van der Waals surface area contributed by atoms with E-state index >= 15 is 0 Å². The molecule has 0 fully saturated rings. The van der Waals surface area contributed by atoms with Crippen LogP contribution in [0.2, 0.25) is 0 Å². The van der Waals surface area contributed by atoms with Crippen molar-refractivity contribution < 1.29 is 0 Å². The van der Waals surface area contributed by atoms with Gasteiger partial charge < -0.3 is 4.90 Å². The Hall–Kier alpha value is -2.16. The molecule has 0 bridgehead atoms. The maximum atomic E-state index is 13.6. The lowest BCUT2D eigenvalue weighted by atomic mass is 10.1. The van der Waals surface area contributed by atoms with E-state index in [2.05, 4.69) is 45.0 Å². The first kappa shape index (κ1) is 21.1. The molecule has 0 saturated carbocycles. The lowest BCUT2D eigenvalue weighted by molar-refractivity contribution is 0.381. The van der Waals surface area contributed by atoms with Crippen LogP contribution in [0, 0.1) is 6.92 Å². The third-order valence-electron chi connectivity index (χ3n) is 5.18. The quantitative estimate of drug-likeness (QED) is 0.383. The van der Waals surface area contributed by atoms with E-state index < -0.39 is 0 Å². The van der Waals surface area contributed by atoms with Crippen LogP contribution in [-0.4, -0.2) is 44.7 Å². The summed E-state index contributed by atoms with van der Waals surface area (Å²) in [5, 5.41) is 6.28. The molecule has 0 saturated heterocycles. The fourth-order valence-electron chi connectivity index (χ4n) is 3.67. The lowest BCUT2D eigenvalue weighted by Crippen LogP contribution is -2.18. The lowest BCUT2D eigenvalue weighted by Gasteiger charge is -2.08. The zero-order valence-electron chi connectivity index (χ0n) is 17.9. The highest BCUT2D eigenvalue weighted by Gasteiger charge is 2.20. The van der Waals surface area contributed by atoms with Crippen LogP contribution in [0.5, 0.6) is 0 Å². The molecule has 0 unspecified atom stereocenters. The van der Waals surface area contributed by atoms with Crippen LogP contribution in [0.1, 0.15) is 29.3 Å². The van der Waals surface area contributed by atoms with E-state index in [0.29, 0.717) is 10.9 Å². The van der Waals surface area contributed by atoms with E-state index in [-0.39, 0.29) is 5.56 Å². The van der Waals surface area contributed by atoms with Crippen molar-refractivity contribution in [3.05, 3.63) is 56.7 Å². The number of hydrogen-bond donors (Lipinski definition) is 0. The molecular formula is C22H27N5OS2. The van der Waals surface area contributed by atoms with Crippen LogP contribution in [-0.2, 0) is 18.7 Å². The highest BCUT2D eigenvalue weighted by atomic mass is 32.2. The Bertz CT molecular complexity index is 1220. The molecule has 0 atom stereocenters. The molecule has 1 aromatic carbocycles. The molecule has 0 amide bonds. The minimum absolute atomic E-state index is 0.00520. The van der Waals surface area contributed by atoms with Crippen LogP contribution in [0.15, 0.2) is 40.3 Å². The Kier molecular flexibility index (Phi) is 6.26. The number of hydrogen-bond acceptors (Lipinski definition) is 6. The fourth-order valence-corrected chi connectivity index (χ4v) is 5.71. The third-order valence-corrected chi connectivity index (χ3v) is 7.22. The molecule has 0 radical (unpaired) electrons. The number of rotatable bonds is 8. The predicted octanol–water partition coefficient (Wildman–Crippen LogP) is 4.22. The first-order chi connectivity index (χ1) is 14.5. The summed E-state index contributed by atoms with van der Waals surface area (Å²) in [7, 11) is 4.13. The van der Waals surface area contributed by atoms with E-state index in [4.69, 9.17) is 10.1 Å².